The molecule has 0 spiro atoms. The maximum atomic E-state index is 12.0. The second kappa shape index (κ2) is 5.73. The number of rotatable bonds is 4. The van der Waals surface area contributed by atoms with Crippen molar-refractivity contribution in [1.29, 1.82) is 0 Å². The smallest absolute Gasteiger partial charge is 0.255 e. The number of halogens is 1. The van der Waals surface area contributed by atoms with Crippen LogP contribution in [0.5, 0.6) is 5.75 Å². The molecule has 18 heavy (non-hydrogen) atoms. The maximum Gasteiger partial charge on any atom is 0.255 e. The minimum atomic E-state index is -0.204. The van der Waals surface area contributed by atoms with Crippen molar-refractivity contribution in [2.45, 2.75) is 6.54 Å². The molecule has 0 bridgehead atoms. The number of methoxy groups -OCH3 is 1. The molecular weight excluding hydrogens is 298 g/mol. The number of hydrogen-bond acceptors (Lipinski definition) is 3. The summed E-state index contributed by atoms with van der Waals surface area (Å²) in [7, 11) is 1.53. The number of benzene rings is 1. The molecule has 2 rings (SSSR count). The first-order valence-electron chi connectivity index (χ1n) is 5.35. The normalized spacial score (nSPS) is 10.1. The summed E-state index contributed by atoms with van der Waals surface area (Å²) < 4.78 is 11.1. The summed E-state index contributed by atoms with van der Waals surface area (Å²) >= 11 is 3.33. The van der Waals surface area contributed by atoms with E-state index in [4.69, 9.17) is 9.15 Å². The predicted molar refractivity (Wildman–Crippen MR) is 70.6 cm³/mol. The summed E-state index contributed by atoms with van der Waals surface area (Å²) in [6.07, 6.45) is 1.57. The van der Waals surface area contributed by atoms with Crippen molar-refractivity contribution < 1.29 is 13.9 Å². The highest BCUT2D eigenvalue weighted by atomic mass is 79.9. The van der Waals surface area contributed by atoms with E-state index in [0.717, 1.165) is 4.47 Å². The summed E-state index contributed by atoms with van der Waals surface area (Å²) in [5.74, 6) is 1.04. The number of nitrogens with one attached hydrogen (secondary N) is 1. The van der Waals surface area contributed by atoms with Gasteiger partial charge in [0.2, 0.25) is 0 Å². The van der Waals surface area contributed by atoms with Crippen molar-refractivity contribution in [2.24, 2.45) is 0 Å². The van der Waals surface area contributed by atoms with E-state index in [2.05, 4.69) is 21.2 Å². The summed E-state index contributed by atoms with van der Waals surface area (Å²) in [6, 6.07) is 8.87. The fourth-order valence-corrected chi connectivity index (χ4v) is 1.89. The lowest BCUT2D eigenvalue weighted by Crippen LogP contribution is -2.23. The second-order valence-electron chi connectivity index (χ2n) is 3.61. The standard InChI is InChI=1S/C13H12BrNO3/c1-17-12-5-4-9(14)7-11(12)13(16)15-8-10-3-2-6-18-10/h2-7H,8H2,1H3,(H,15,16). The van der Waals surface area contributed by atoms with Crippen LogP contribution < -0.4 is 10.1 Å². The third-order valence-electron chi connectivity index (χ3n) is 2.41. The number of hydrogen-bond donors (Lipinski definition) is 1. The Balaban J connectivity index is 2.10. The lowest BCUT2D eigenvalue weighted by molar-refractivity contribution is 0.0945. The summed E-state index contributed by atoms with van der Waals surface area (Å²) in [6.45, 7) is 0.349. The highest BCUT2D eigenvalue weighted by molar-refractivity contribution is 9.10. The Kier molecular flexibility index (Phi) is 4.04. The van der Waals surface area contributed by atoms with Crippen molar-refractivity contribution in [3.63, 3.8) is 0 Å². The first-order chi connectivity index (χ1) is 8.70. The first kappa shape index (κ1) is 12.7. The van der Waals surface area contributed by atoms with Crippen LogP contribution in [0.4, 0.5) is 0 Å². The maximum absolute atomic E-state index is 12.0. The van der Waals surface area contributed by atoms with Crippen LogP contribution in [0.25, 0.3) is 0 Å². The van der Waals surface area contributed by atoms with E-state index in [9.17, 15) is 4.79 Å². The quantitative estimate of drug-likeness (QED) is 0.944. The molecule has 5 heteroatoms. The van der Waals surface area contributed by atoms with Crippen LogP contribution in [0.2, 0.25) is 0 Å². The summed E-state index contributed by atoms with van der Waals surface area (Å²) in [4.78, 5) is 12.0. The van der Waals surface area contributed by atoms with Crippen molar-refractivity contribution in [2.75, 3.05) is 7.11 Å². The number of ether oxygens (including phenoxy) is 1. The zero-order chi connectivity index (χ0) is 13.0. The van der Waals surface area contributed by atoms with Gasteiger partial charge in [0.05, 0.1) is 25.5 Å². The van der Waals surface area contributed by atoms with Gasteiger partial charge in [-0.25, -0.2) is 0 Å². The average Bonchev–Trinajstić information content (AvgIpc) is 2.89. The van der Waals surface area contributed by atoms with Crippen molar-refractivity contribution >= 4 is 21.8 Å². The van der Waals surface area contributed by atoms with Gasteiger partial charge in [-0.2, -0.15) is 0 Å². The summed E-state index contributed by atoms with van der Waals surface area (Å²) in [5.41, 5.74) is 0.485. The Morgan fingerprint density at radius 2 is 2.28 bits per heavy atom. The van der Waals surface area contributed by atoms with E-state index >= 15 is 0 Å². The molecule has 1 aromatic heterocycles. The van der Waals surface area contributed by atoms with Crippen LogP contribution in [0.15, 0.2) is 45.5 Å². The minimum Gasteiger partial charge on any atom is -0.496 e. The van der Waals surface area contributed by atoms with Gasteiger partial charge in [0, 0.05) is 4.47 Å². The van der Waals surface area contributed by atoms with E-state index in [1.54, 1.807) is 30.5 Å². The molecule has 0 saturated heterocycles. The zero-order valence-electron chi connectivity index (χ0n) is 9.77. The lowest BCUT2D eigenvalue weighted by Gasteiger charge is -2.08. The minimum absolute atomic E-state index is 0.204. The number of amides is 1. The molecule has 0 aliphatic carbocycles. The topological polar surface area (TPSA) is 51.5 Å². The monoisotopic (exact) mass is 309 g/mol. The van der Waals surface area contributed by atoms with Crippen LogP contribution in [0.3, 0.4) is 0 Å². The molecule has 0 aliphatic rings. The molecule has 1 aromatic carbocycles. The molecule has 94 valence electrons. The molecule has 1 N–H and O–H groups in total. The fourth-order valence-electron chi connectivity index (χ4n) is 1.53. The molecule has 0 fully saturated rings. The van der Waals surface area contributed by atoms with Crippen LogP contribution in [-0.2, 0) is 6.54 Å². The Morgan fingerprint density at radius 1 is 1.44 bits per heavy atom. The Labute approximate surface area is 113 Å². The van der Waals surface area contributed by atoms with E-state index in [-0.39, 0.29) is 5.91 Å². The number of carbonyl (C=O) groups is 1. The van der Waals surface area contributed by atoms with E-state index < -0.39 is 0 Å². The SMILES string of the molecule is COc1ccc(Br)cc1C(=O)NCc1ccco1. The van der Waals surface area contributed by atoms with Gasteiger partial charge in [-0.1, -0.05) is 15.9 Å². The molecule has 2 aromatic rings. The highest BCUT2D eigenvalue weighted by Gasteiger charge is 2.12. The molecule has 0 atom stereocenters. The molecule has 1 amide bonds. The third-order valence-corrected chi connectivity index (χ3v) is 2.90. The Morgan fingerprint density at radius 3 is 2.94 bits per heavy atom. The average molecular weight is 310 g/mol. The van der Waals surface area contributed by atoms with Gasteiger partial charge >= 0.3 is 0 Å². The predicted octanol–water partition coefficient (Wildman–Crippen LogP) is 2.98. The van der Waals surface area contributed by atoms with Crippen molar-refractivity contribution in [3.05, 3.63) is 52.4 Å². The van der Waals surface area contributed by atoms with Gasteiger partial charge in [0.1, 0.15) is 11.5 Å². The molecule has 1 heterocycles. The molecule has 0 unspecified atom stereocenters. The van der Waals surface area contributed by atoms with Gasteiger partial charge in [0.25, 0.3) is 5.91 Å². The molecular formula is C13H12BrNO3. The van der Waals surface area contributed by atoms with Gasteiger partial charge in [0.15, 0.2) is 0 Å². The summed E-state index contributed by atoms with van der Waals surface area (Å²) in [5, 5.41) is 2.77. The Bertz CT molecular complexity index is 537. The van der Waals surface area contributed by atoms with Gasteiger partial charge in [-0.05, 0) is 30.3 Å². The van der Waals surface area contributed by atoms with E-state index in [0.29, 0.717) is 23.6 Å². The van der Waals surface area contributed by atoms with E-state index in [1.165, 1.54) is 7.11 Å². The fraction of sp³-hybridized carbons (Fsp3) is 0.154. The highest BCUT2D eigenvalue weighted by Crippen LogP contribution is 2.22. The molecule has 0 radical (unpaired) electrons. The lowest BCUT2D eigenvalue weighted by atomic mass is 10.2. The van der Waals surface area contributed by atoms with Gasteiger partial charge in [-0.15, -0.1) is 0 Å². The zero-order valence-corrected chi connectivity index (χ0v) is 11.4. The first-order valence-corrected chi connectivity index (χ1v) is 6.14. The third kappa shape index (κ3) is 2.92. The Hall–Kier alpha value is -1.75. The van der Waals surface area contributed by atoms with Crippen LogP contribution in [0, 0.1) is 0 Å². The number of furan rings is 1. The van der Waals surface area contributed by atoms with Gasteiger partial charge in [-0.3, -0.25) is 4.79 Å². The van der Waals surface area contributed by atoms with Crippen molar-refractivity contribution in [3.8, 4) is 5.75 Å². The largest absolute Gasteiger partial charge is 0.496 e. The van der Waals surface area contributed by atoms with Gasteiger partial charge < -0.3 is 14.5 Å². The van der Waals surface area contributed by atoms with Crippen LogP contribution in [0.1, 0.15) is 16.1 Å². The molecule has 0 saturated carbocycles. The number of carbonyl (C=O) groups excluding carboxylic acids is 1. The van der Waals surface area contributed by atoms with Crippen LogP contribution >= 0.6 is 15.9 Å². The molecule has 0 aliphatic heterocycles. The van der Waals surface area contributed by atoms with E-state index in [1.807, 2.05) is 6.07 Å². The van der Waals surface area contributed by atoms with Crippen molar-refractivity contribution in [1.82, 2.24) is 5.32 Å². The second-order valence-corrected chi connectivity index (χ2v) is 4.52. The van der Waals surface area contributed by atoms with Crippen LogP contribution in [-0.4, -0.2) is 13.0 Å². The molecule has 4 nitrogen and oxygen atoms in total.